The molecule has 134 valence electrons. The molecule has 9 heteroatoms. The third-order valence-electron chi connectivity index (χ3n) is 3.29. The van der Waals surface area contributed by atoms with Gasteiger partial charge in [0.05, 0.1) is 13.7 Å². The van der Waals surface area contributed by atoms with E-state index in [4.69, 9.17) is 16.3 Å². The molecular formula is C16H16ClFN2O4S. The number of likely N-dealkylation sites (N-methyl/N-ethyl adjacent to an activating group) is 1. The molecule has 0 saturated carbocycles. The highest BCUT2D eigenvalue weighted by atomic mass is 35.5. The summed E-state index contributed by atoms with van der Waals surface area (Å²) < 4.78 is 44.4. The normalized spacial score (nSPS) is 11.4. The van der Waals surface area contributed by atoms with Gasteiger partial charge in [0.15, 0.2) is 0 Å². The predicted octanol–water partition coefficient (Wildman–Crippen LogP) is 2.75. The van der Waals surface area contributed by atoms with Crippen LogP contribution in [-0.2, 0) is 14.8 Å². The van der Waals surface area contributed by atoms with Crippen LogP contribution < -0.4 is 10.1 Å². The molecule has 0 aliphatic heterocycles. The van der Waals surface area contributed by atoms with E-state index in [1.807, 2.05) is 0 Å². The molecule has 0 saturated heterocycles. The minimum Gasteiger partial charge on any atom is -0.495 e. The monoisotopic (exact) mass is 386 g/mol. The van der Waals surface area contributed by atoms with Crippen LogP contribution in [0.5, 0.6) is 5.75 Å². The van der Waals surface area contributed by atoms with Gasteiger partial charge >= 0.3 is 0 Å². The maximum absolute atomic E-state index is 13.4. The number of rotatable bonds is 6. The van der Waals surface area contributed by atoms with Crippen LogP contribution in [0.4, 0.5) is 10.1 Å². The molecule has 0 bridgehead atoms. The van der Waals surface area contributed by atoms with Crippen LogP contribution in [0, 0.1) is 5.82 Å². The van der Waals surface area contributed by atoms with Crippen LogP contribution >= 0.6 is 11.6 Å². The van der Waals surface area contributed by atoms with E-state index >= 15 is 0 Å². The maximum atomic E-state index is 13.4. The van der Waals surface area contributed by atoms with Crippen LogP contribution in [0.25, 0.3) is 0 Å². The van der Waals surface area contributed by atoms with Crippen LogP contribution in [0.1, 0.15) is 0 Å². The molecule has 0 unspecified atom stereocenters. The Kier molecular flexibility index (Phi) is 5.99. The molecule has 0 fully saturated rings. The zero-order valence-corrected chi connectivity index (χ0v) is 15.1. The Morgan fingerprint density at radius 3 is 2.64 bits per heavy atom. The molecule has 0 heterocycles. The van der Waals surface area contributed by atoms with E-state index in [1.165, 1.54) is 26.3 Å². The summed E-state index contributed by atoms with van der Waals surface area (Å²) in [5.41, 5.74) is 0.437. The molecule has 2 aromatic rings. The Balaban J connectivity index is 2.17. The number of hydrogen-bond donors (Lipinski definition) is 1. The van der Waals surface area contributed by atoms with Gasteiger partial charge in [0.2, 0.25) is 15.9 Å². The van der Waals surface area contributed by atoms with Gasteiger partial charge in [-0.05, 0) is 36.4 Å². The number of halogens is 2. The lowest BCUT2D eigenvalue weighted by molar-refractivity contribution is -0.116. The van der Waals surface area contributed by atoms with Gasteiger partial charge in [-0.15, -0.1) is 0 Å². The number of hydrogen-bond acceptors (Lipinski definition) is 4. The number of amides is 1. The average molecular weight is 387 g/mol. The van der Waals surface area contributed by atoms with Crippen molar-refractivity contribution in [2.45, 2.75) is 4.90 Å². The van der Waals surface area contributed by atoms with Gasteiger partial charge < -0.3 is 10.1 Å². The number of ether oxygens (including phenoxy) is 1. The zero-order valence-electron chi connectivity index (χ0n) is 13.5. The Hall–Kier alpha value is -2.16. The van der Waals surface area contributed by atoms with Crippen molar-refractivity contribution < 1.29 is 22.3 Å². The Bertz CT molecular complexity index is 889. The van der Waals surface area contributed by atoms with Gasteiger partial charge in [-0.25, -0.2) is 12.8 Å². The van der Waals surface area contributed by atoms with Gasteiger partial charge in [-0.2, -0.15) is 4.31 Å². The fourth-order valence-corrected chi connectivity index (χ4v) is 3.55. The fraction of sp³-hybridized carbons (Fsp3) is 0.188. The highest BCUT2D eigenvalue weighted by molar-refractivity contribution is 7.89. The summed E-state index contributed by atoms with van der Waals surface area (Å²) in [6, 6.07) is 9.59. The number of benzene rings is 2. The van der Waals surface area contributed by atoms with Crippen LogP contribution in [-0.4, -0.2) is 39.3 Å². The molecule has 25 heavy (non-hydrogen) atoms. The van der Waals surface area contributed by atoms with Crippen LogP contribution in [0.3, 0.4) is 0 Å². The fourth-order valence-electron chi connectivity index (χ4n) is 2.07. The van der Waals surface area contributed by atoms with E-state index in [-0.39, 0.29) is 10.6 Å². The van der Waals surface area contributed by atoms with E-state index < -0.39 is 28.3 Å². The number of nitrogens with one attached hydrogen (secondary N) is 1. The van der Waals surface area contributed by atoms with E-state index in [9.17, 15) is 17.6 Å². The highest BCUT2D eigenvalue weighted by Gasteiger charge is 2.27. The topological polar surface area (TPSA) is 75.7 Å². The average Bonchev–Trinajstić information content (AvgIpc) is 2.54. The number of carbonyl (C=O) groups excluding carboxylic acids is 1. The predicted molar refractivity (Wildman–Crippen MR) is 92.8 cm³/mol. The lowest BCUT2D eigenvalue weighted by Gasteiger charge is -2.18. The van der Waals surface area contributed by atoms with Crippen molar-refractivity contribution in [2.24, 2.45) is 0 Å². The van der Waals surface area contributed by atoms with Gasteiger partial charge in [0.1, 0.15) is 16.5 Å². The minimum atomic E-state index is -4.12. The van der Waals surface area contributed by atoms with Crippen molar-refractivity contribution in [3.8, 4) is 5.75 Å². The van der Waals surface area contributed by atoms with Crippen molar-refractivity contribution in [1.82, 2.24) is 4.31 Å². The molecular weight excluding hydrogens is 371 g/mol. The first-order valence-corrected chi connectivity index (χ1v) is 8.91. The zero-order chi connectivity index (χ0) is 18.6. The minimum absolute atomic E-state index is 0.0106. The van der Waals surface area contributed by atoms with E-state index in [2.05, 4.69) is 5.32 Å². The van der Waals surface area contributed by atoms with Crippen molar-refractivity contribution in [1.29, 1.82) is 0 Å². The van der Waals surface area contributed by atoms with Crippen molar-refractivity contribution in [3.63, 3.8) is 0 Å². The first-order chi connectivity index (χ1) is 11.7. The quantitative estimate of drug-likeness (QED) is 0.828. The molecule has 0 atom stereocenters. The van der Waals surface area contributed by atoms with Gasteiger partial charge in [0, 0.05) is 17.8 Å². The Labute approximate surface area is 150 Å². The molecule has 0 radical (unpaired) electrons. The second-order valence-electron chi connectivity index (χ2n) is 5.11. The summed E-state index contributed by atoms with van der Waals surface area (Å²) >= 11 is 5.83. The number of nitrogens with zero attached hydrogens (tertiary/aromatic N) is 1. The highest BCUT2D eigenvalue weighted by Crippen LogP contribution is 2.26. The summed E-state index contributed by atoms with van der Waals surface area (Å²) in [5, 5.41) is 2.98. The molecule has 0 aromatic heterocycles. The lowest BCUT2D eigenvalue weighted by Crippen LogP contribution is -2.35. The molecule has 6 nitrogen and oxygen atoms in total. The SMILES string of the molecule is COc1ccc(F)cc1S(=O)(=O)N(C)CC(=O)Nc1cccc(Cl)c1. The first kappa shape index (κ1) is 19.2. The number of anilines is 1. The van der Waals surface area contributed by atoms with Gasteiger partial charge in [-0.3, -0.25) is 4.79 Å². The second kappa shape index (κ2) is 7.81. The standard InChI is InChI=1S/C16H16ClFN2O4S/c1-20(10-16(21)19-13-5-3-4-11(17)8-13)25(22,23)15-9-12(18)6-7-14(15)24-2/h3-9H,10H2,1-2H3,(H,19,21). The Morgan fingerprint density at radius 2 is 2.00 bits per heavy atom. The summed E-state index contributed by atoms with van der Waals surface area (Å²) in [7, 11) is -1.62. The molecule has 2 aromatic carbocycles. The summed E-state index contributed by atoms with van der Waals surface area (Å²) in [5.74, 6) is -1.30. The van der Waals surface area contributed by atoms with E-state index in [0.29, 0.717) is 10.7 Å². The molecule has 1 N–H and O–H groups in total. The van der Waals surface area contributed by atoms with Gasteiger partial charge in [-0.1, -0.05) is 17.7 Å². The Morgan fingerprint density at radius 1 is 1.28 bits per heavy atom. The number of methoxy groups -OCH3 is 1. The lowest BCUT2D eigenvalue weighted by atomic mass is 10.3. The summed E-state index contributed by atoms with van der Waals surface area (Å²) in [6.45, 7) is -0.464. The molecule has 2 rings (SSSR count). The van der Waals surface area contributed by atoms with Crippen molar-refractivity contribution in [2.75, 3.05) is 26.0 Å². The number of sulfonamides is 1. The second-order valence-corrected chi connectivity index (χ2v) is 7.56. The molecule has 0 aliphatic rings. The van der Waals surface area contributed by atoms with E-state index in [0.717, 1.165) is 16.4 Å². The smallest absolute Gasteiger partial charge is 0.247 e. The summed E-state index contributed by atoms with van der Waals surface area (Å²) in [4.78, 5) is 11.7. The van der Waals surface area contributed by atoms with Gasteiger partial charge in [0.25, 0.3) is 0 Å². The van der Waals surface area contributed by atoms with Crippen molar-refractivity contribution in [3.05, 3.63) is 53.3 Å². The number of carbonyl (C=O) groups is 1. The van der Waals surface area contributed by atoms with Crippen LogP contribution in [0.2, 0.25) is 5.02 Å². The molecule has 1 amide bonds. The van der Waals surface area contributed by atoms with Crippen molar-refractivity contribution >= 4 is 33.2 Å². The maximum Gasteiger partial charge on any atom is 0.247 e. The van der Waals surface area contributed by atoms with Crippen LogP contribution in [0.15, 0.2) is 47.4 Å². The molecule has 0 aliphatic carbocycles. The van der Waals surface area contributed by atoms with E-state index in [1.54, 1.807) is 18.2 Å². The first-order valence-electron chi connectivity index (χ1n) is 7.09. The molecule has 0 spiro atoms. The third kappa shape index (κ3) is 4.68. The summed E-state index contributed by atoms with van der Waals surface area (Å²) in [6.07, 6.45) is 0. The largest absolute Gasteiger partial charge is 0.495 e. The third-order valence-corrected chi connectivity index (χ3v) is 5.35.